The number of hydrogen-bond acceptors (Lipinski definition) is 6. The minimum Gasteiger partial charge on any atom is -0.351 e. The van der Waals surface area contributed by atoms with Crippen LogP contribution in [0.3, 0.4) is 0 Å². The largest absolute Gasteiger partial charge is 0.351 e. The van der Waals surface area contributed by atoms with E-state index < -0.39 is 5.41 Å². The van der Waals surface area contributed by atoms with Crippen LogP contribution in [0.4, 0.5) is 5.69 Å². The van der Waals surface area contributed by atoms with Gasteiger partial charge < -0.3 is 9.84 Å². The maximum atomic E-state index is 12.5. The van der Waals surface area contributed by atoms with E-state index in [1.165, 1.54) is 6.07 Å². The number of rotatable bonds is 7. The highest BCUT2D eigenvalue weighted by Gasteiger charge is 2.28. The minimum absolute atomic E-state index is 0.0400. The predicted octanol–water partition coefficient (Wildman–Crippen LogP) is 3.84. The number of amides is 1. The quantitative estimate of drug-likeness (QED) is 0.453. The summed E-state index contributed by atoms with van der Waals surface area (Å²) in [6, 6.07) is 4.58. The fourth-order valence-corrected chi connectivity index (χ4v) is 2.17. The summed E-state index contributed by atoms with van der Waals surface area (Å²) < 4.78 is 5.17. The zero-order chi connectivity index (χ0) is 19.2. The van der Waals surface area contributed by atoms with Crippen LogP contribution >= 0.6 is 0 Å². The topological polar surface area (TPSA) is 166 Å². The van der Waals surface area contributed by atoms with E-state index in [-0.39, 0.29) is 30.2 Å². The minimum atomic E-state index is -0.562. The van der Waals surface area contributed by atoms with E-state index in [1.807, 2.05) is 13.8 Å². The standard InChI is InChI=1S/C15H17N9O2/c1-9-20-14(26-22-9)15(2,3)8-18-13(25)11-4-10(7-19-23-16)5-12(6-11)21-24-17/h4-6H,7-8H2,1-3H3,(H,18,25). The van der Waals surface area contributed by atoms with Gasteiger partial charge in [0, 0.05) is 27.6 Å². The van der Waals surface area contributed by atoms with Gasteiger partial charge in [-0.25, -0.2) is 0 Å². The van der Waals surface area contributed by atoms with Gasteiger partial charge in [-0.1, -0.05) is 15.4 Å². The predicted molar refractivity (Wildman–Crippen MR) is 92.5 cm³/mol. The van der Waals surface area contributed by atoms with Gasteiger partial charge in [-0.3, -0.25) is 4.79 Å². The molecule has 1 N–H and O–H groups in total. The molecular weight excluding hydrogens is 338 g/mol. The molecule has 1 aromatic carbocycles. The van der Waals surface area contributed by atoms with Crippen LogP contribution in [-0.4, -0.2) is 22.6 Å². The monoisotopic (exact) mass is 355 g/mol. The van der Waals surface area contributed by atoms with Crippen molar-refractivity contribution in [2.75, 3.05) is 6.54 Å². The number of aryl methyl sites for hydroxylation is 1. The normalized spacial score (nSPS) is 10.6. The second-order valence-electron chi connectivity index (χ2n) is 6.18. The van der Waals surface area contributed by atoms with Crippen molar-refractivity contribution in [3.05, 3.63) is 61.9 Å². The van der Waals surface area contributed by atoms with E-state index in [1.54, 1.807) is 19.1 Å². The van der Waals surface area contributed by atoms with E-state index >= 15 is 0 Å². The maximum Gasteiger partial charge on any atom is 0.251 e. The highest BCUT2D eigenvalue weighted by Crippen LogP contribution is 2.22. The van der Waals surface area contributed by atoms with E-state index in [0.717, 1.165) is 0 Å². The lowest BCUT2D eigenvalue weighted by molar-refractivity contribution is 0.0942. The summed E-state index contributed by atoms with van der Waals surface area (Å²) in [4.78, 5) is 22.1. The molecule has 2 rings (SSSR count). The SMILES string of the molecule is Cc1noc(C(C)(C)CNC(=O)c2cc(CN=[N+]=[N-])cc(N=[N+]=[N-])c2)n1. The summed E-state index contributed by atoms with van der Waals surface area (Å²) in [5.41, 5.74) is 17.6. The van der Waals surface area contributed by atoms with Crippen molar-refractivity contribution >= 4 is 11.6 Å². The molecule has 26 heavy (non-hydrogen) atoms. The van der Waals surface area contributed by atoms with Gasteiger partial charge in [0.15, 0.2) is 5.82 Å². The van der Waals surface area contributed by atoms with Gasteiger partial charge in [0.25, 0.3) is 5.91 Å². The van der Waals surface area contributed by atoms with Crippen LogP contribution in [0.25, 0.3) is 20.9 Å². The van der Waals surface area contributed by atoms with Gasteiger partial charge >= 0.3 is 0 Å². The Labute approximate surface area is 148 Å². The second-order valence-corrected chi connectivity index (χ2v) is 6.18. The molecule has 0 aliphatic rings. The van der Waals surface area contributed by atoms with Crippen LogP contribution in [-0.2, 0) is 12.0 Å². The molecule has 0 aliphatic carbocycles. The van der Waals surface area contributed by atoms with Crippen LogP contribution < -0.4 is 5.32 Å². The number of benzene rings is 1. The first kappa shape index (κ1) is 18.8. The average Bonchev–Trinajstić information content (AvgIpc) is 3.05. The summed E-state index contributed by atoms with van der Waals surface area (Å²) in [7, 11) is 0. The first-order valence-corrected chi connectivity index (χ1v) is 7.64. The van der Waals surface area contributed by atoms with Gasteiger partial charge in [0.2, 0.25) is 5.89 Å². The summed E-state index contributed by atoms with van der Waals surface area (Å²) in [6.07, 6.45) is 0. The zero-order valence-electron chi connectivity index (χ0n) is 14.5. The van der Waals surface area contributed by atoms with Crippen molar-refractivity contribution < 1.29 is 9.32 Å². The van der Waals surface area contributed by atoms with Crippen LogP contribution in [0.2, 0.25) is 0 Å². The molecule has 0 saturated heterocycles. The number of carbonyl (C=O) groups is 1. The Bertz CT molecular complexity index is 906. The second kappa shape index (κ2) is 8.02. The number of carbonyl (C=O) groups excluding carboxylic acids is 1. The lowest BCUT2D eigenvalue weighted by atomic mass is 9.93. The molecule has 0 fully saturated rings. The number of nitrogens with one attached hydrogen (secondary N) is 1. The Morgan fingerprint density at radius 3 is 2.69 bits per heavy atom. The molecule has 0 bridgehead atoms. The molecule has 11 heteroatoms. The summed E-state index contributed by atoms with van der Waals surface area (Å²) in [5.74, 6) is 0.567. The summed E-state index contributed by atoms with van der Waals surface area (Å²) in [5, 5.41) is 13.5. The molecule has 0 spiro atoms. The molecule has 1 amide bonds. The molecule has 134 valence electrons. The number of aromatic nitrogens is 2. The lowest BCUT2D eigenvalue weighted by Gasteiger charge is -2.20. The Hall–Kier alpha value is -3.55. The Morgan fingerprint density at radius 1 is 1.31 bits per heavy atom. The first-order valence-electron chi connectivity index (χ1n) is 7.64. The van der Waals surface area contributed by atoms with Gasteiger partial charge in [-0.05, 0) is 55.6 Å². The van der Waals surface area contributed by atoms with E-state index in [4.69, 9.17) is 15.6 Å². The third-order valence-electron chi connectivity index (χ3n) is 3.51. The fraction of sp³-hybridized carbons (Fsp3) is 0.400. The molecule has 0 unspecified atom stereocenters. The molecule has 1 heterocycles. The summed E-state index contributed by atoms with van der Waals surface area (Å²) >= 11 is 0. The molecule has 1 aromatic heterocycles. The van der Waals surface area contributed by atoms with Gasteiger partial charge in [-0.15, -0.1) is 0 Å². The summed E-state index contributed by atoms with van der Waals surface area (Å²) in [6.45, 7) is 5.74. The molecule has 0 atom stereocenters. The van der Waals surface area contributed by atoms with Gasteiger partial charge in [0.1, 0.15) is 0 Å². The molecule has 0 radical (unpaired) electrons. The Kier molecular flexibility index (Phi) is 5.79. The molecular formula is C15H17N9O2. The molecule has 11 nitrogen and oxygen atoms in total. The van der Waals surface area contributed by atoms with Crippen LogP contribution in [0, 0.1) is 6.92 Å². The van der Waals surface area contributed by atoms with Crippen molar-refractivity contribution in [2.45, 2.75) is 32.7 Å². The molecule has 0 aliphatic heterocycles. The molecule has 2 aromatic rings. The third-order valence-corrected chi connectivity index (χ3v) is 3.51. The van der Waals surface area contributed by atoms with Crippen molar-refractivity contribution in [3.63, 3.8) is 0 Å². The van der Waals surface area contributed by atoms with E-state index in [9.17, 15) is 4.79 Å². The molecule has 0 saturated carbocycles. The van der Waals surface area contributed by atoms with E-state index in [2.05, 4.69) is 35.5 Å². The number of hydrogen-bond donors (Lipinski definition) is 1. The van der Waals surface area contributed by atoms with Crippen LogP contribution in [0.15, 0.2) is 33.0 Å². The van der Waals surface area contributed by atoms with Crippen LogP contribution in [0.1, 0.15) is 41.5 Å². The number of nitrogens with zero attached hydrogens (tertiary/aromatic N) is 8. The van der Waals surface area contributed by atoms with E-state index in [0.29, 0.717) is 17.3 Å². The Balaban J connectivity index is 2.18. The highest BCUT2D eigenvalue weighted by atomic mass is 16.5. The van der Waals surface area contributed by atoms with Gasteiger partial charge in [0.05, 0.1) is 12.0 Å². The van der Waals surface area contributed by atoms with Crippen molar-refractivity contribution in [3.8, 4) is 0 Å². The fourth-order valence-electron chi connectivity index (χ4n) is 2.17. The number of azide groups is 2. The van der Waals surface area contributed by atoms with Crippen molar-refractivity contribution in [1.82, 2.24) is 15.5 Å². The third kappa shape index (κ3) is 4.73. The average molecular weight is 355 g/mol. The van der Waals surface area contributed by atoms with Crippen molar-refractivity contribution in [1.29, 1.82) is 0 Å². The Morgan fingerprint density at radius 2 is 2.08 bits per heavy atom. The van der Waals surface area contributed by atoms with Crippen LogP contribution in [0.5, 0.6) is 0 Å². The maximum absolute atomic E-state index is 12.5. The first-order chi connectivity index (χ1) is 12.4. The smallest absolute Gasteiger partial charge is 0.251 e. The van der Waals surface area contributed by atoms with Crippen molar-refractivity contribution in [2.24, 2.45) is 10.2 Å². The lowest BCUT2D eigenvalue weighted by Crippen LogP contribution is -2.37. The van der Waals surface area contributed by atoms with Gasteiger partial charge in [-0.2, -0.15) is 4.98 Å². The highest BCUT2D eigenvalue weighted by molar-refractivity contribution is 5.95. The zero-order valence-corrected chi connectivity index (χ0v) is 14.5.